The van der Waals surface area contributed by atoms with Crippen molar-refractivity contribution in [2.45, 2.75) is 55.8 Å². The molecule has 0 spiro atoms. The van der Waals surface area contributed by atoms with Crippen molar-refractivity contribution in [3.8, 4) is 6.07 Å². The van der Waals surface area contributed by atoms with E-state index in [9.17, 15) is 14.9 Å². The van der Waals surface area contributed by atoms with Crippen molar-refractivity contribution in [3.05, 3.63) is 46.2 Å². The second kappa shape index (κ2) is 9.47. The predicted molar refractivity (Wildman–Crippen MR) is 116 cm³/mol. The van der Waals surface area contributed by atoms with Crippen LogP contribution in [0, 0.1) is 11.3 Å². The van der Waals surface area contributed by atoms with Gasteiger partial charge < -0.3 is 5.32 Å². The van der Waals surface area contributed by atoms with E-state index in [1.54, 1.807) is 24.3 Å². The molecule has 3 rings (SSSR count). The zero-order valence-electron chi connectivity index (χ0n) is 16.1. The highest BCUT2D eigenvalue weighted by Gasteiger charge is 2.32. The molecule has 0 aliphatic heterocycles. The molecule has 29 heavy (non-hydrogen) atoms. The van der Waals surface area contributed by atoms with Crippen molar-refractivity contribution in [1.29, 1.82) is 5.26 Å². The lowest BCUT2D eigenvalue weighted by Crippen LogP contribution is -2.47. The van der Waals surface area contributed by atoms with Gasteiger partial charge in [0.15, 0.2) is 5.16 Å². The van der Waals surface area contributed by atoms with Gasteiger partial charge in [0, 0.05) is 11.6 Å². The Morgan fingerprint density at radius 2 is 2.10 bits per heavy atom. The van der Waals surface area contributed by atoms with Gasteiger partial charge in [-0.25, -0.2) is 4.98 Å². The first-order valence-electron chi connectivity index (χ1n) is 9.64. The summed E-state index contributed by atoms with van der Waals surface area (Å²) < 4.78 is 1.49. The van der Waals surface area contributed by atoms with Gasteiger partial charge in [-0.15, -0.1) is 6.58 Å². The first kappa shape index (κ1) is 21.4. The molecular weight excluding hydrogens is 408 g/mol. The van der Waals surface area contributed by atoms with E-state index in [-0.39, 0.29) is 23.8 Å². The van der Waals surface area contributed by atoms with Crippen LogP contribution in [0.3, 0.4) is 0 Å². The standard InChI is InChI=1S/C21H23ClN4O2S/c1-2-11-26-19(28)16-8-7-15(22)12-17(16)24-20(26)29-13-18(27)25-21(14-23)9-5-3-4-6-10-21/h2,7-8,12H,1,3-6,9-11,13H2,(H,25,27). The molecule has 1 saturated carbocycles. The number of nitrogens with one attached hydrogen (secondary N) is 1. The number of fused-ring (bicyclic) bond motifs is 1. The van der Waals surface area contributed by atoms with E-state index in [2.05, 4.69) is 22.9 Å². The number of amides is 1. The normalized spacial score (nSPS) is 16.0. The Bertz CT molecular complexity index is 1020. The summed E-state index contributed by atoms with van der Waals surface area (Å²) in [6.07, 6.45) is 7.02. The van der Waals surface area contributed by atoms with Crippen LogP contribution in [-0.2, 0) is 11.3 Å². The summed E-state index contributed by atoms with van der Waals surface area (Å²) in [6.45, 7) is 3.99. The molecular formula is C21H23ClN4O2S. The number of nitriles is 1. The summed E-state index contributed by atoms with van der Waals surface area (Å²) in [7, 11) is 0. The number of carbonyl (C=O) groups excluding carboxylic acids is 1. The van der Waals surface area contributed by atoms with Crippen LogP contribution in [0.4, 0.5) is 0 Å². The van der Waals surface area contributed by atoms with Crippen LogP contribution in [0.2, 0.25) is 5.02 Å². The van der Waals surface area contributed by atoms with Gasteiger partial charge >= 0.3 is 0 Å². The van der Waals surface area contributed by atoms with Gasteiger partial charge in [-0.2, -0.15) is 5.26 Å². The molecule has 0 saturated heterocycles. The van der Waals surface area contributed by atoms with Crippen molar-refractivity contribution in [3.63, 3.8) is 0 Å². The molecule has 1 heterocycles. The molecule has 1 aliphatic rings. The molecule has 2 aromatic rings. The largest absolute Gasteiger partial charge is 0.337 e. The zero-order valence-corrected chi connectivity index (χ0v) is 17.7. The van der Waals surface area contributed by atoms with E-state index < -0.39 is 5.54 Å². The van der Waals surface area contributed by atoms with Gasteiger partial charge in [-0.3, -0.25) is 14.2 Å². The number of benzene rings is 1. The smallest absolute Gasteiger partial charge is 0.262 e. The van der Waals surface area contributed by atoms with Gasteiger partial charge in [0.25, 0.3) is 5.56 Å². The molecule has 6 nitrogen and oxygen atoms in total. The maximum atomic E-state index is 12.8. The minimum absolute atomic E-state index is 0.0685. The molecule has 152 valence electrons. The lowest BCUT2D eigenvalue weighted by molar-refractivity contribution is -0.120. The third-order valence-electron chi connectivity index (χ3n) is 5.08. The summed E-state index contributed by atoms with van der Waals surface area (Å²) in [5, 5.41) is 13.9. The van der Waals surface area contributed by atoms with E-state index in [4.69, 9.17) is 11.6 Å². The van der Waals surface area contributed by atoms with E-state index in [1.807, 2.05) is 0 Å². The lowest BCUT2D eigenvalue weighted by Gasteiger charge is -2.26. The number of halogens is 1. The number of hydrogen-bond acceptors (Lipinski definition) is 5. The first-order valence-corrected chi connectivity index (χ1v) is 11.0. The number of rotatable bonds is 6. The molecule has 8 heteroatoms. The fourth-order valence-electron chi connectivity index (χ4n) is 3.60. The number of allylic oxidation sites excluding steroid dienone is 1. The highest BCUT2D eigenvalue weighted by Crippen LogP contribution is 2.27. The van der Waals surface area contributed by atoms with Gasteiger partial charge in [0.05, 0.1) is 22.7 Å². The SMILES string of the molecule is C=CCn1c(SCC(=O)NC2(C#N)CCCCCC2)nc2cc(Cl)ccc2c1=O. The molecule has 1 aromatic carbocycles. The van der Waals surface area contributed by atoms with Crippen molar-refractivity contribution < 1.29 is 4.79 Å². The highest BCUT2D eigenvalue weighted by molar-refractivity contribution is 7.99. The minimum Gasteiger partial charge on any atom is -0.337 e. The third-order valence-corrected chi connectivity index (χ3v) is 6.29. The molecule has 1 amide bonds. The Morgan fingerprint density at radius 3 is 2.76 bits per heavy atom. The monoisotopic (exact) mass is 430 g/mol. The Labute approximate surface area is 179 Å². The minimum atomic E-state index is -0.792. The van der Waals surface area contributed by atoms with E-state index >= 15 is 0 Å². The molecule has 0 radical (unpaired) electrons. The van der Waals surface area contributed by atoms with Crippen molar-refractivity contribution in [2.75, 3.05) is 5.75 Å². The molecule has 0 bridgehead atoms. The van der Waals surface area contributed by atoms with Crippen LogP contribution in [0.25, 0.3) is 10.9 Å². The number of carbonyl (C=O) groups is 1. The summed E-state index contributed by atoms with van der Waals surface area (Å²) >= 11 is 7.21. The maximum absolute atomic E-state index is 12.8. The molecule has 0 unspecified atom stereocenters. The van der Waals surface area contributed by atoms with E-state index in [1.165, 1.54) is 16.3 Å². The van der Waals surface area contributed by atoms with Crippen LogP contribution in [-0.4, -0.2) is 26.8 Å². The second-order valence-corrected chi connectivity index (χ2v) is 8.58. The van der Waals surface area contributed by atoms with E-state index in [0.29, 0.717) is 33.9 Å². The average molecular weight is 431 g/mol. The predicted octanol–water partition coefficient (Wildman–Crippen LogP) is 4.06. The quantitative estimate of drug-likeness (QED) is 0.323. The number of hydrogen-bond donors (Lipinski definition) is 1. The lowest BCUT2D eigenvalue weighted by atomic mass is 9.92. The Balaban J connectivity index is 1.81. The van der Waals surface area contributed by atoms with Crippen LogP contribution in [0.15, 0.2) is 40.8 Å². The first-order chi connectivity index (χ1) is 14.0. The fourth-order valence-corrected chi connectivity index (χ4v) is 4.58. The fraction of sp³-hybridized carbons (Fsp3) is 0.429. The summed E-state index contributed by atoms with van der Waals surface area (Å²) in [5.74, 6) is -0.164. The Hall–Kier alpha value is -2.30. The summed E-state index contributed by atoms with van der Waals surface area (Å²) in [6, 6.07) is 7.26. The van der Waals surface area contributed by atoms with Gasteiger partial charge in [-0.1, -0.05) is 55.1 Å². The van der Waals surface area contributed by atoms with Crippen molar-refractivity contribution in [1.82, 2.24) is 14.9 Å². The van der Waals surface area contributed by atoms with Gasteiger partial charge in [0.1, 0.15) is 5.54 Å². The van der Waals surface area contributed by atoms with Gasteiger partial charge in [-0.05, 0) is 31.0 Å². The van der Waals surface area contributed by atoms with Crippen LogP contribution >= 0.6 is 23.4 Å². The van der Waals surface area contributed by atoms with Crippen molar-refractivity contribution >= 4 is 40.2 Å². The maximum Gasteiger partial charge on any atom is 0.262 e. The molecule has 1 N–H and O–H groups in total. The molecule has 0 atom stereocenters. The molecule has 1 aliphatic carbocycles. The highest BCUT2D eigenvalue weighted by atomic mass is 35.5. The number of nitrogens with zero attached hydrogens (tertiary/aromatic N) is 3. The van der Waals surface area contributed by atoms with Crippen molar-refractivity contribution in [2.24, 2.45) is 0 Å². The number of thioether (sulfide) groups is 1. The van der Waals surface area contributed by atoms with Crippen LogP contribution in [0.5, 0.6) is 0 Å². The second-order valence-electron chi connectivity index (χ2n) is 7.21. The van der Waals surface area contributed by atoms with Gasteiger partial charge in [0.2, 0.25) is 5.91 Å². The molecule has 1 aromatic heterocycles. The number of aromatic nitrogens is 2. The zero-order chi connectivity index (χ0) is 20.9. The van der Waals surface area contributed by atoms with Crippen LogP contribution in [0.1, 0.15) is 38.5 Å². The Morgan fingerprint density at radius 1 is 1.38 bits per heavy atom. The Kier molecular flexibility index (Phi) is 6.99. The third kappa shape index (κ3) is 5.01. The topological polar surface area (TPSA) is 87.8 Å². The molecule has 1 fully saturated rings. The van der Waals surface area contributed by atoms with Crippen LogP contribution < -0.4 is 10.9 Å². The van der Waals surface area contributed by atoms with E-state index in [0.717, 1.165) is 25.7 Å². The average Bonchev–Trinajstić information content (AvgIpc) is 2.94. The summed E-state index contributed by atoms with van der Waals surface area (Å²) in [5.41, 5.74) is -0.506. The summed E-state index contributed by atoms with van der Waals surface area (Å²) in [4.78, 5) is 30.0.